The summed E-state index contributed by atoms with van der Waals surface area (Å²) in [6.07, 6.45) is 4.47. The van der Waals surface area contributed by atoms with Crippen LogP contribution in [0, 0.1) is 17.8 Å². The molecule has 5 nitrogen and oxygen atoms in total. The van der Waals surface area contributed by atoms with Crippen LogP contribution in [0.25, 0.3) is 22.4 Å². The molecule has 0 radical (unpaired) electrons. The number of aryl methyl sites for hydroxylation is 1. The normalized spacial score (nSPS) is 14.7. The zero-order valence-electron chi connectivity index (χ0n) is 16.0. The van der Waals surface area contributed by atoms with E-state index in [1.807, 2.05) is 13.8 Å². The molecule has 0 amide bonds. The number of ether oxygens (including phenoxy) is 1. The van der Waals surface area contributed by atoms with E-state index in [1.165, 1.54) is 18.5 Å². The van der Waals surface area contributed by atoms with Gasteiger partial charge in [-0.3, -0.25) is 4.57 Å². The number of nitrogens with zero attached hydrogens (tertiary/aromatic N) is 4. The summed E-state index contributed by atoms with van der Waals surface area (Å²) < 4.78 is 31.5. The molecule has 0 spiro atoms. The first-order chi connectivity index (χ1) is 14.0. The monoisotopic (exact) mass is 416 g/mol. The van der Waals surface area contributed by atoms with Crippen LogP contribution in [0.2, 0.25) is 5.02 Å². The van der Waals surface area contributed by atoms with Crippen LogP contribution in [0.3, 0.4) is 0 Å². The van der Waals surface area contributed by atoms with Gasteiger partial charge in [-0.05, 0) is 43.9 Å². The molecule has 0 N–H and O–H groups in total. The van der Waals surface area contributed by atoms with Crippen molar-refractivity contribution in [2.75, 3.05) is 0 Å². The average molecular weight is 417 g/mol. The van der Waals surface area contributed by atoms with E-state index in [0.717, 1.165) is 25.1 Å². The molecule has 1 atom stereocenters. The Labute approximate surface area is 172 Å². The maximum absolute atomic E-state index is 12.5. The molecule has 1 aromatic carbocycles. The lowest BCUT2D eigenvalue weighted by molar-refractivity contribution is -0.0498. The number of benzene rings is 1. The van der Waals surface area contributed by atoms with Crippen LogP contribution in [0.5, 0.6) is 5.75 Å². The molecule has 2 aromatic heterocycles. The van der Waals surface area contributed by atoms with Crippen molar-refractivity contribution >= 4 is 22.8 Å². The summed E-state index contributed by atoms with van der Waals surface area (Å²) in [4.78, 5) is 13.7. The number of rotatable bonds is 6. The lowest BCUT2D eigenvalue weighted by atomic mass is 10.1. The fourth-order valence-electron chi connectivity index (χ4n) is 3.51. The Morgan fingerprint density at radius 1 is 1.31 bits per heavy atom. The molecule has 1 aliphatic rings. The topological polar surface area (TPSA) is 52.8 Å². The predicted octanol–water partition coefficient (Wildman–Crippen LogP) is 5.28. The molecule has 1 saturated carbocycles. The highest BCUT2D eigenvalue weighted by Gasteiger charge is 2.34. The minimum Gasteiger partial charge on any atom is -0.435 e. The maximum atomic E-state index is 12.5. The smallest absolute Gasteiger partial charge is 0.387 e. The largest absolute Gasteiger partial charge is 0.435 e. The molecule has 29 heavy (non-hydrogen) atoms. The van der Waals surface area contributed by atoms with E-state index in [2.05, 4.69) is 31.1 Å². The van der Waals surface area contributed by atoms with E-state index in [4.69, 9.17) is 16.6 Å². The summed E-state index contributed by atoms with van der Waals surface area (Å²) in [6, 6.07) is 4.43. The average Bonchev–Trinajstić information content (AvgIpc) is 3.46. The van der Waals surface area contributed by atoms with Gasteiger partial charge in [0.25, 0.3) is 0 Å². The molecule has 8 heteroatoms. The fraction of sp³-hybridized carbons (Fsp3) is 0.381. The second-order valence-corrected chi connectivity index (χ2v) is 7.25. The van der Waals surface area contributed by atoms with Crippen LogP contribution in [-0.4, -0.2) is 26.1 Å². The second kappa shape index (κ2) is 7.96. The van der Waals surface area contributed by atoms with Crippen LogP contribution >= 0.6 is 11.6 Å². The van der Waals surface area contributed by atoms with Crippen LogP contribution in [0.15, 0.2) is 24.5 Å². The van der Waals surface area contributed by atoms with E-state index < -0.39 is 6.61 Å². The highest BCUT2D eigenvalue weighted by molar-refractivity contribution is 6.33. The van der Waals surface area contributed by atoms with Crippen molar-refractivity contribution in [3.8, 4) is 28.8 Å². The molecule has 150 valence electrons. The van der Waals surface area contributed by atoms with Gasteiger partial charge in [0.15, 0.2) is 5.65 Å². The van der Waals surface area contributed by atoms with Crippen molar-refractivity contribution in [1.29, 1.82) is 0 Å². The lowest BCUT2D eigenvalue weighted by Crippen LogP contribution is -2.13. The molecular weight excluding hydrogens is 398 g/mol. The molecule has 0 saturated heterocycles. The summed E-state index contributed by atoms with van der Waals surface area (Å²) >= 11 is 6.36. The molecule has 0 aliphatic heterocycles. The number of fused-ring (bicyclic) bond motifs is 1. The van der Waals surface area contributed by atoms with Gasteiger partial charge in [-0.15, -0.1) is 5.92 Å². The predicted molar refractivity (Wildman–Crippen MR) is 107 cm³/mol. The van der Waals surface area contributed by atoms with Gasteiger partial charge in [0, 0.05) is 12.0 Å². The molecule has 1 aliphatic carbocycles. The summed E-state index contributed by atoms with van der Waals surface area (Å²) in [5, 5.41) is 0.253. The van der Waals surface area contributed by atoms with E-state index in [9.17, 15) is 8.78 Å². The van der Waals surface area contributed by atoms with Crippen LogP contribution in [0.4, 0.5) is 8.78 Å². The summed E-state index contributed by atoms with van der Waals surface area (Å²) in [6.45, 7) is 0.963. The minimum atomic E-state index is -2.91. The zero-order valence-corrected chi connectivity index (χ0v) is 16.7. The number of halogens is 3. The third-order valence-electron chi connectivity index (χ3n) is 4.93. The summed E-state index contributed by atoms with van der Waals surface area (Å²) in [5.41, 5.74) is 2.46. The molecule has 0 bridgehead atoms. The minimum absolute atomic E-state index is 0.00848. The van der Waals surface area contributed by atoms with Crippen LogP contribution < -0.4 is 4.74 Å². The number of alkyl halides is 2. The Bertz CT molecular complexity index is 1120. The van der Waals surface area contributed by atoms with Gasteiger partial charge in [-0.25, -0.2) is 15.0 Å². The molecule has 1 fully saturated rings. The van der Waals surface area contributed by atoms with E-state index in [1.54, 1.807) is 6.07 Å². The SMILES string of the molecule is CC#CC(C1CC1)n1c(CC)nc2c(-c3ccc(OC(F)F)cc3Cl)ncnc21. The van der Waals surface area contributed by atoms with E-state index >= 15 is 0 Å². The van der Waals surface area contributed by atoms with Gasteiger partial charge in [0.2, 0.25) is 0 Å². The Morgan fingerprint density at radius 3 is 2.72 bits per heavy atom. The quantitative estimate of drug-likeness (QED) is 0.513. The standard InChI is InChI=1S/C21H19ClF2N4O/c1-3-5-16(12-6-7-12)28-17(4-2)27-19-18(25-11-26-20(19)28)14-9-8-13(10-15(14)22)29-21(23)24/h8-12,16,21H,4,6-7H2,1-2H3. The molecule has 2 heterocycles. The summed E-state index contributed by atoms with van der Waals surface area (Å²) in [5.74, 6) is 7.72. The third-order valence-corrected chi connectivity index (χ3v) is 5.24. The highest BCUT2D eigenvalue weighted by Crippen LogP contribution is 2.42. The van der Waals surface area contributed by atoms with Crippen LogP contribution in [-0.2, 0) is 6.42 Å². The first-order valence-corrected chi connectivity index (χ1v) is 9.80. The molecule has 3 aromatic rings. The Hall–Kier alpha value is -2.72. The molecule has 1 unspecified atom stereocenters. The number of hydrogen-bond donors (Lipinski definition) is 0. The van der Waals surface area contributed by atoms with Gasteiger partial charge in [0.05, 0.1) is 5.02 Å². The van der Waals surface area contributed by atoms with E-state index in [-0.39, 0.29) is 16.8 Å². The van der Waals surface area contributed by atoms with Gasteiger partial charge < -0.3 is 4.74 Å². The Balaban J connectivity index is 1.86. The number of hydrogen-bond acceptors (Lipinski definition) is 4. The van der Waals surface area contributed by atoms with Gasteiger partial charge in [0.1, 0.15) is 35.2 Å². The van der Waals surface area contributed by atoms with Crippen molar-refractivity contribution in [3.63, 3.8) is 0 Å². The second-order valence-electron chi connectivity index (χ2n) is 6.84. The van der Waals surface area contributed by atoms with Crippen molar-refractivity contribution in [2.45, 2.75) is 45.8 Å². The fourth-order valence-corrected chi connectivity index (χ4v) is 3.77. The number of aromatic nitrogens is 4. The van der Waals surface area contributed by atoms with Gasteiger partial charge >= 0.3 is 6.61 Å². The van der Waals surface area contributed by atoms with Crippen LogP contribution in [0.1, 0.15) is 38.6 Å². The molecule has 4 rings (SSSR count). The van der Waals surface area contributed by atoms with Gasteiger partial charge in [-0.1, -0.05) is 24.4 Å². The zero-order chi connectivity index (χ0) is 20.5. The van der Waals surface area contributed by atoms with Crippen molar-refractivity contribution < 1.29 is 13.5 Å². The summed E-state index contributed by atoms with van der Waals surface area (Å²) in [7, 11) is 0. The Morgan fingerprint density at radius 2 is 2.10 bits per heavy atom. The maximum Gasteiger partial charge on any atom is 0.387 e. The van der Waals surface area contributed by atoms with Crippen molar-refractivity contribution in [1.82, 2.24) is 19.5 Å². The van der Waals surface area contributed by atoms with E-state index in [0.29, 0.717) is 28.3 Å². The first kappa shape index (κ1) is 19.6. The first-order valence-electron chi connectivity index (χ1n) is 9.42. The lowest BCUT2D eigenvalue weighted by Gasteiger charge is -2.15. The van der Waals surface area contributed by atoms with Crippen molar-refractivity contribution in [2.24, 2.45) is 5.92 Å². The van der Waals surface area contributed by atoms with Crippen molar-refractivity contribution in [3.05, 3.63) is 35.4 Å². The Kier molecular flexibility index (Phi) is 5.37. The van der Waals surface area contributed by atoms with Gasteiger partial charge in [-0.2, -0.15) is 8.78 Å². The molecular formula is C21H19ClF2N4O. The third kappa shape index (κ3) is 3.77. The number of imidazole rings is 1. The highest BCUT2D eigenvalue weighted by atomic mass is 35.5.